The van der Waals surface area contributed by atoms with E-state index >= 15 is 0 Å². The number of nitrogens with one attached hydrogen (secondary N) is 2. The lowest BCUT2D eigenvalue weighted by Crippen LogP contribution is -2.47. The smallest absolute Gasteiger partial charge is 0.242 e. The molecule has 2 N–H and O–H groups in total. The van der Waals surface area contributed by atoms with Crippen molar-refractivity contribution >= 4 is 21.8 Å². The summed E-state index contributed by atoms with van der Waals surface area (Å²) in [6.45, 7) is 4.33. The zero-order valence-electron chi connectivity index (χ0n) is 20.6. The number of hydrogen-bond acceptors (Lipinski definition) is 5. The van der Waals surface area contributed by atoms with Crippen molar-refractivity contribution in [3.8, 4) is 0 Å². The van der Waals surface area contributed by atoms with Gasteiger partial charge in [-0.2, -0.15) is 0 Å². The van der Waals surface area contributed by atoms with E-state index in [-0.39, 0.29) is 29.7 Å². The van der Waals surface area contributed by atoms with Crippen molar-refractivity contribution in [1.82, 2.24) is 19.9 Å². The molecule has 0 bridgehead atoms. The van der Waals surface area contributed by atoms with Crippen LogP contribution in [-0.2, 0) is 39.1 Å². The van der Waals surface area contributed by atoms with Crippen molar-refractivity contribution in [3.05, 3.63) is 95.8 Å². The molecule has 1 aromatic heterocycles. The number of hydrogen-bond donors (Lipinski definition) is 2. The summed E-state index contributed by atoms with van der Waals surface area (Å²) in [5.74, 6) is -0.424. The average molecular weight is 509 g/mol. The molecule has 3 rings (SSSR count). The quantitative estimate of drug-likeness (QED) is 0.391. The lowest BCUT2D eigenvalue weighted by molar-refractivity contribution is -0.140. The molecule has 2 amide bonds. The van der Waals surface area contributed by atoms with E-state index in [0.717, 1.165) is 16.8 Å². The van der Waals surface area contributed by atoms with Gasteiger partial charge in [-0.15, -0.1) is 0 Å². The summed E-state index contributed by atoms with van der Waals surface area (Å²) in [5, 5.41) is 2.87. The van der Waals surface area contributed by atoms with Crippen molar-refractivity contribution in [2.75, 3.05) is 6.54 Å². The zero-order chi connectivity index (χ0) is 26.0. The van der Waals surface area contributed by atoms with Crippen LogP contribution in [0.4, 0.5) is 0 Å². The molecule has 9 heteroatoms. The standard InChI is InChI=1S/C27H32N4O4S/c1-3-30-36(34,35)25-15-12-22(13-16-25)14-17-26(32)31(20-23-9-5-4-6-10-23)21(2)27(33)29-19-24-11-7-8-18-28-24/h4-13,15-16,18,21,30H,3,14,17,19-20H2,1-2H3,(H,29,33)/t21-/m0/s1. The number of amides is 2. The SMILES string of the molecule is CCNS(=O)(=O)c1ccc(CCC(=O)N(Cc2ccccc2)[C@@H](C)C(=O)NCc2ccccn2)cc1. The number of carbonyl (C=O) groups excluding carboxylic acids is 2. The Bertz CT molecular complexity index is 1230. The fourth-order valence-corrected chi connectivity index (χ4v) is 4.74. The third kappa shape index (κ3) is 7.73. The molecule has 0 spiro atoms. The van der Waals surface area contributed by atoms with Crippen LogP contribution in [0.1, 0.15) is 37.1 Å². The second kappa shape index (κ2) is 12.9. The van der Waals surface area contributed by atoms with Gasteiger partial charge in [0.15, 0.2) is 0 Å². The van der Waals surface area contributed by atoms with Crippen LogP contribution >= 0.6 is 0 Å². The van der Waals surface area contributed by atoms with E-state index in [1.54, 1.807) is 37.1 Å². The first-order valence-electron chi connectivity index (χ1n) is 11.9. The van der Waals surface area contributed by atoms with Crippen molar-refractivity contribution in [1.29, 1.82) is 0 Å². The molecule has 0 radical (unpaired) electrons. The van der Waals surface area contributed by atoms with Crippen molar-refractivity contribution < 1.29 is 18.0 Å². The summed E-state index contributed by atoms with van der Waals surface area (Å²) in [6, 6.07) is 20.8. The topological polar surface area (TPSA) is 108 Å². The van der Waals surface area contributed by atoms with Gasteiger partial charge in [0, 0.05) is 25.7 Å². The molecule has 36 heavy (non-hydrogen) atoms. The summed E-state index contributed by atoms with van der Waals surface area (Å²) < 4.78 is 26.7. The maximum absolute atomic E-state index is 13.3. The molecule has 0 fully saturated rings. The Morgan fingerprint density at radius 3 is 2.28 bits per heavy atom. The predicted molar refractivity (Wildman–Crippen MR) is 138 cm³/mol. The predicted octanol–water partition coefficient (Wildman–Crippen LogP) is 3.05. The Balaban J connectivity index is 1.67. The molecule has 0 saturated heterocycles. The van der Waals surface area contributed by atoms with Gasteiger partial charge < -0.3 is 10.2 Å². The molecule has 1 heterocycles. The van der Waals surface area contributed by atoms with Crippen molar-refractivity contribution in [2.24, 2.45) is 0 Å². The summed E-state index contributed by atoms with van der Waals surface area (Å²) in [4.78, 5) is 32.2. The van der Waals surface area contributed by atoms with Crippen molar-refractivity contribution in [2.45, 2.75) is 50.7 Å². The molecule has 0 unspecified atom stereocenters. The van der Waals surface area contributed by atoms with E-state index in [4.69, 9.17) is 0 Å². The van der Waals surface area contributed by atoms with Crippen LogP contribution < -0.4 is 10.0 Å². The summed E-state index contributed by atoms with van der Waals surface area (Å²) in [6.07, 6.45) is 2.27. The molecule has 0 aliphatic heterocycles. The molecule has 3 aromatic rings. The second-order valence-electron chi connectivity index (χ2n) is 8.37. The first kappa shape index (κ1) is 27.0. The van der Waals surface area contributed by atoms with Gasteiger partial charge in [-0.3, -0.25) is 14.6 Å². The number of nitrogens with zero attached hydrogens (tertiary/aromatic N) is 2. The third-order valence-corrected chi connectivity index (χ3v) is 7.29. The number of rotatable bonds is 12. The third-order valence-electron chi connectivity index (χ3n) is 5.73. The molecule has 1 atom stereocenters. The number of pyridine rings is 1. The molecular formula is C27H32N4O4S. The van der Waals surface area contributed by atoms with E-state index in [0.29, 0.717) is 19.5 Å². The average Bonchev–Trinajstić information content (AvgIpc) is 2.90. The van der Waals surface area contributed by atoms with E-state index in [2.05, 4.69) is 15.0 Å². The highest BCUT2D eigenvalue weighted by Gasteiger charge is 2.26. The maximum Gasteiger partial charge on any atom is 0.242 e. The Labute approximate surface area is 212 Å². The lowest BCUT2D eigenvalue weighted by Gasteiger charge is -2.29. The molecule has 0 aliphatic rings. The Kier molecular flexibility index (Phi) is 9.72. The van der Waals surface area contributed by atoms with Crippen LogP contribution in [0.5, 0.6) is 0 Å². The fraction of sp³-hybridized carbons (Fsp3) is 0.296. The fourth-order valence-electron chi connectivity index (χ4n) is 3.69. The second-order valence-corrected chi connectivity index (χ2v) is 10.1. The number of aromatic nitrogens is 1. The van der Waals surface area contributed by atoms with Gasteiger partial charge in [-0.05, 0) is 48.7 Å². The van der Waals surface area contributed by atoms with Crippen LogP contribution in [0.2, 0.25) is 0 Å². The normalized spacial score (nSPS) is 12.1. The molecule has 2 aromatic carbocycles. The van der Waals surface area contributed by atoms with Gasteiger partial charge in [0.2, 0.25) is 21.8 Å². The van der Waals surface area contributed by atoms with Crippen LogP contribution in [-0.4, -0.2) is 42.7 Å². The van der Waals surface area contributed by atoms with Gasteiger partial charge in [-0.25, -0.2) is 13.1 Å². The van der Waals surface area contributed by atoms with Gasteiger partial charge >= 0.3 is 0 Å². The van der Waals surface area contributed by atoms with E-state index < -0.39 is 16.1 Å². The highest BCUT2D eigenvalue weighted by molar-refractivity contribution is 7.89. The van der Waals surface area contributed by atoms with E-state index in [1.165, 1.54) is 12.1 Å². The summed E-state index contributed by atoms with van der Waals surface area (Å²) >= 11 is 0. The highest BCUT2D eigenvalue weighted by Crippen LogP contribution is 2.15. The van der Waals surface area contributed by atoms with Crippen LogP contribution in [0.15, 0.2) is 83.9 Å². The molecule has 0 saturated carbocycles. The van der Waals surface area contributed by atoms with E-state index in [9.17, 15) is 18.0 Å². The van der Waals surface area contributed by atoms with Gasteiger partial charge in [0.1, 0.15) is 6.04 Å². The zero-order valence-corrected chi connectivity index (χ0v) is 21.4. The van der Waals surface area contributed by atoms with Gasteiger partial charge in [0.05, 0.1) is 17.1 Å². The molecule has 0 aliphatic carbocycles. The minimum Gasteiger partial charge on any atom is -0.349 e. The number of aryl methyl sites for hydroxylation is 1. The van der Waals surface area contributed by atoms with Crippen molar-refractivity contribution in [3.63, 3.8) is 0 Å². The highest BCUT2D eigenvalue weighted by atomic mass is 32.2. The minimum absolute atomic E-state index is 0.163. The van der Waals surface area contributed by atoms with Gasteiger partial charge in [0.25, 0.3) is 0 Å². The molecule has 8 nitrogen and oxygen atoms in total. The summed E-state index contributed by atoms with van der Waals surface area (Å²) in [7, 11) is -3.53. The largest absolute Gasteiger partial charge is 0.349 e. The van der Waals surface area contributed by atoms with Gasteiger partial charge in [-0.1, -0.05) is 55.5 Å². The van der Waals surface area contributed by atoms with Crippen LogP contribution in [0.25, 0.3) is 0 Å². The number of sulfonamides is 1. The van der Waals surface area contributed by atoms with E-state index in [1.807, 2.05) is 48.5 Å². The maximum atomic E-state index is 13.3. The Hall–Kier alpha value is -3.56. The first-order chi connectivity index (χ1) is 17.3. The number of benzene rings is 2. The molecule has 190 valence electrons. The van der Waals surface area contributed by atoms with Crippen LogP contribution in [0, 0.1) is 0 Å². The Morgan fingerprint density at radius 2 is 1.64 bits per heavy atom. The minimum atomic E-state index is -3.53. The van der Waals surface area contributed by atoms with Crippen LogP contribution in [0.3, 0.4) is 0 Å². The number of carbonyl (C=O) groups is 2. The summed E-state index contributed by atoms with van der Waals surface area (Å²) in [5.41, 5.74) is 2.50. The Morgan fingerprint density at radius 1 is 0.944 bits per heavy atom. The molecular weight excluding hydrogens is 476 g/mol. The monoisotopic (exact) mass is 508 g/mol. The lowest BCUT2D eigenvalue weighted by atomic mass is 10.1. The first-order valence-corrected chi connectivity index (χ1v) is 13.4.